The van der Waals surface area contributed by atoms with Crippen molar-refractivity contribution in [2.75, 3.05) is 11.9 Å². The number of nitrogens with zero attached hydrogens (tertiary/aromatic N) is 2. The van der Waals surface area contributed by atoms with E-state index >= 15 is 0 Å². The van der Waals surface area contributed by atoms with Crippen LogP contribution in [0.4, 0.5) is 11.4 Å². The number of hydrogen-bond acceptors (Lipinski definition) is 4. The maximum atomic E-state index is 11.9. The molecule has 0 atom stereocenters. The first-order chi connectivity index (χ1) is 9.54. The Hall–Kier alpha value is -2.30. The largest absolute Gasteiger partial charge is 0.462 e. The minimum Gasteiger partial charge on any atom is -0.462 e. The van der Waals surface area contributed by atoms with Crippen LogP contribution in [0.3, 0.4) is 0 Å². The number of carbonyl (C=O) groups excluding carboxylic acids is 1. The number of aryl methyl sites for hydroxylation is 2. The molecule has 0 radical (unpaired) electrons. The molecule has 0 saturated heterocycles. The molecule has 0 unspecified atom stereocenters. The Morgan fingerprint density at radius 3 is 2.65 bits per heavy atom. The molecule has 2 aromatic rings. The average molecular weight is 273 g/mol. The summed E-state index contributed by atoms with van der Waals surface area (Å²) >= 11 is 0. The van der Waals surface area contributed by atoms with Gasteiger partial charge >= 0.3 is 5.97 Å². The van der Waals surface area contributed by atoms with Crippen molar-refractivity contribution < 1.29 is 9.53 Å². The van der Waals surface area contributed by atoms with Crippen LogP contribution in [0, 0.1) is 13.8 Å². The normalized spacial score (nSPS) is 10.4. The van der Waals surface area contributed by atoms with Crippen molar-refractivity contribution in [2.45, 2.75) is 20.8 Å². The van der Waals surface area contributed by atoms with E-state index in [0.29, 0.717) is 12.2 Å². The molecule has 0 spiro atoms. The lowest BCUT2D eigenvalue weighted by Crippen LogP contribution is -2.08. The fraction of sp³-hybridized carbons (Fsp3) is 0.333. The summed E-state index contributed by atoms with van der Waals surface area (Å²) in [5.41, 5.74) is 4.08. The Morgan fingerprint density at radius 1 is 1.35 bits per heavy atom. The highest BCUT2D eigenvalue weighted by Crippen LogP contribution is 2.26. The van der Waals surface area contributed by atoms with Crippen LogP contribution in [0.1, 0.15) is 28.7 Å². The van der Waals surface area contributed by atoms with Crippen molar-refractivity contribution in [1.82, 2.24) is 9.78 Å². The van der Waals surface area contributed by atoms with E-state index in [9.17, 15) is 4.79 Å². The smallest absolute Gasteiger partial charge is 0.340 e. The first-order valence-corrected chi connectivity index (χ1v) is 6.58. The van der Waals surface area contributed by atoms with Crippen molar-refractivity contribution in [3.63, 3.8) is 0 Å². The summed E-state index contributed by atoms with van der Waals surface area (Å²) in [7, 11) is 1.89. The first kappa shape index (κ1) is 14.1. The van der Waals surface area contributed by atoms with Gasteiger partial charge in [-0.15, -0.1) is 0 Å². The number of benzene rings is 1. The highest BCUT2D eigenvalue weighted by atomic mass is 16.5. The van der Waals surface area contributed by atoms with Gasteiger partial charge in [0.2, 0.25) is 0 Å². The minimum absolute atomic E-state index is 0.324. The summed E-state index contributed by atoms with van der Waals surface area (Å²) in [6.45, 7) is 6.07. The predicted octanol–water partition coefficient (Wildman–Crippen LogP) is 2.96. The quantitative estimate of drug-likeness (QED) is 0.870. The van der Waals surface area contributed by atoms with Crippen LogP contribution in [-0.2, 0) is 11.8 Å². The molecule has 0 saturated carbocycles. The number of anilines is 2. The standard InChI is InChI=1S/C15H19N3O2/c1-5-20-15(19)12-8-6-7-9-13(12)16-14-10(2)17-18(4)11(14)3/h6-9,16H,5H2,1-4H3. The van der Waals surface area contributed by atoms with Gasteiger partial charge in [0.05, 0.1) is 34.9 Å². The number of aromatic nitrogens is 2. The molecule has 0 bridgehead atoms. The Kier molecular flexibility index (Phi) is 4.08. The van der Waals surface area contributed by atoms with Gasteiger partial charge in [-0.3, -0.25) is 4.68 Å². The van der Waals surface area contributed by atoms with Gasteiger partial charge in [0.1, 0.15) is 0 Å². The molecule has 0 fully saturated rings. The van der Waals surface area contributed by atoms with E-state index in [2.05, 4.69) is 10.4 Å². The van der Waals surface area contributed by atoms with Gasteiger partial charge in [0, 0.05) is 7.05 Å². The van der Waals surface area contributed by atoms with Crippen molar-refractivity contribution in [3.8, 4) is 0 Å². The molecule has 1 aromatic carbocycles. The molecule has 0 aliphatic rings. The van der Waals surface area contributed by atoms with Crippen LogP contribution in [0.5, 0.6) is 0 Å². The van der Waals surface area contributed by atoms with Crippen LogP contribution >= 0.6 is 0 Å². The Labute approximate surface area is 118 Å². The van der Waals surface area contributed by atoms with Gasteiger partial charge in [-0.05, 0) is 32.9 Å². The maximum Gasteiger partial charge on any atom is 0.340 e. The lowest BCUT2D eigenvalue weighted by molar-refractivity contribution is 0.0527. The molecule has 0 amide bonds. The molecule has 106 valence electrons. The summed E-state index contributed by atoms with van der Waals surface area (Å²) < 4.78 is 6.88. The highest BCUT2D eigenvalue weighted by molar-refractivity contribution is 5.96. The second-order valence-corrected chi connectivity index (χ2v) is 4.56. The number of carbonyl (C=O) groups is 1. The van der Waals surface area contributed by atoms with E-state index in [-0.39, 0.29) is 5.97 Å². The van der Waals surface area contributed by atoms with Gasteiger partial charge in [0.15, 0.2) is 0 Å². The SMILES string of the molecule is CCOC(=O)c1ccccc1Nc1c(C)nn(C)c1C. The Morgan fingerprint density at radius 2 is 2.05 bits per heavy atom. The molecule has 1 N–H and O–H groups in total. The molecular weight excluding hydrogens is 254 g/mol. The predicted molar refractivity (Wildman–Crippen MR) is 78.4 cm³/mol. The van der Waals surface area contributed by atoms with Crippen LogP contribution < -0.4 is 5.32 Å². The zero-order valence-electron chi connectivity index (χ0n) is 12.2. The molecule has 0 aliphatic carbocycles. The molecular formula is C15H19N3O2. The minimum atomic E-state index is -0.324. The number of hydrogen-bond donors (Lipinski definition) is 1. The summed E-state index contributed by atoms with van der Waals surface area (Å²) in [4.78, 5) is 11.9. The zero-order valence-corrected chi connectivity index (χ0v) is 12.2. The molecule has 1 heterocycles. The Bertz CT molecular complexity index is 632. The summed E-state index contributed by atoms with van der Waals surface area (Å²) in [5.74, 6) is -0.324. The van der Waals surface area contributed by atoms with Gasteiger partial charge in [-0.2, -0.15) is 5.10 Å². The zero-order chi connectivity index (χ0) is 14.7. The van der Waals surface area contributed by atoms with E-state index in [1.807, 2.05) is 43.8 Å². The molecule has 5 heteroatoms. The lowest BCUT2D eigenvalue weighted by atomic mass is 10.1. The van der Waals surface area contributed by atoms with Crippen molar-refractivity contribution in [1.29, 1.82) is 0 Å². The number of ether oxygens (including phenoxy) is 1. The fourth-order valence-electron chi connectivity index (χ4n) is 2.07. The van der Waals surface area contributed by atoms with E-state index < -0.39 is 0 Å². The third-order valence-electron chi connectivity index (χ3n) is 3.19. The molecule has 5 nitrogen and oxygen atoms in total. The van der Waals surface area contributed by atoms with E-state index in [4.69, 9.17) is 4.74 Å². The summed E-state index contributed by atoms with van der Waals surface area (Å²) in [6, 6.07) is 7.31. The third kappa shape index (κ3) is 2.66. The maximum absolute atomic E-state index is 11.9. The number of esters is 1. The van der Waals surface area contributed by atoms with E-state index in [1.165, 1.54) is 0 Å². The number of rotatable bonds is 4. The van der Waals surface area contributed by atoms with Crippen LogP contribution in [0.2, 0.25) is 0 Å². The summed E-state index contributed by atoms with van der Waals surface area (Å²) in [5, 5.41) is 7.64. The fourth-order valence-corrected chi connectivity index (χ4v) is 2.07. The monoisotopic (exact) mass is 273 g/mol. The topological polar surface area (TPSA) is 56.1 Å². The van der Waals surface area contributed by atoms with Gasteiger partial charge in [0.25, 0.3) is 0 Å². The van der Waals surface area contributed by atoms with Gasteiger partial charge in [-0.1, -0.05) is 12.1 Å². The molecule has 0 aliphatic heterocycles. The van der Waals surface area contributed by atoms with Crippen molar-refractivity contribution in [3.05, 3.63) is 41.2 Å². The lowest BCUT2D eigenvalue weighted by Gasteiger charge is -2.11. The first-order valence-electron chi connectivity index (χ1n) is 6.58. The molecule has 1 aromatic heterocycles. The molecule has 20 heavy (non-hydrogen) atoms. The van der Waals surface area contributed by atoms with Crippen molar-refractivity contribution in [2.24, 2.45) is 7.05 Å². The van der Waals surface area contributed by atoms with E-state index in [0.717, 1.165) is 22.8 Å². The van der Waals surface area contributed by atoms with E-state index in [1.54, 1.807) is 13.0 Å². The van der Waals surface area contributed by atoms with Crippen molar-refractivity contribution >= 4 is 17.3 Å². The average Bonchev–Trinajstić information content (AvgIpc) is 2.66. The second kappa shape index (κ2) is 5.77. The number of para-hydroxylation sites is 1. The highest BCUT2D eigenvalue weighted by Gasteiger charge is 2.15. The van der Waals surface area contributed by atoms with Gasteiger partial charge < -0.3 is 10.1 Å². The van der Waals surface area contributed by atoms with Crippen LogP contribution in [0.25, 0.3) is 0 Å². The summed E-state index contributed by atoms with van der Waals surface area (Å²) in [6.07, 6.45) is 0. The van der Waals surface area contributed by atoms with Crippen LogP contribution in [0.15, 0.2) is 24.3 Å². The molecule has 2 rings (SSSR count). The second-order valence-electron chi connectivity index (χ2n) is 4.56. The van der Waals surface area contributed by atoms with Gasteiger partial charge in [-0.25, -0.2) is 4.79 Å². The number of nitrogens with one attached hydrogen (secondary N) is 1. The Balaban J connectivity index is 2.36. The third-order valence-corrected chi connectivity index (χ3v) is 3.19. The van der Waals surface area contributed by atoms with Crippen LogP contribution in [-0.4, -0.2) is 22.4 Å².